The third-order valence-electron chi connectivity index (χ3n) is 2.60. The first-order valence-electron chi connectivity index (χ1n) is 5.51. The molecule has 1 atom stereocenters. The Balaban J connectivity index is 1.92. The molecule has 0 aromatic heterocycles. The Labute approximate surface area is 97.1 Å². The average Bonchev–Trinajstić information content (AvgIpc) is 2.38. The Morgan fingerprint density at radius 2 is 1.44 bits per heavy atom. The Kier molecular flexibility index (Phi) is 3.73. The maximum Gasteiger partial charge on any atom is 0.0323 e. The van der Waals surface area contributed by atoms with Crippen LogP contribution in [-0.4, -0.2) is 0 Å². The Morgan fingerprint density at radius 1 is 0.875 bits per heavy atom. The van der Waals surface area contributed by atoms with Crippen LogP contribution < -0.4 is 5.32 Å². The van der Waals surface area contributed by atoms with E-state index in [1.807, 2.05) is 24.3 Å². The second kappa shape index (κ2) is 5.47. The minimum absolute atomic E-state index is 0.140. The average molecular weight is 210 g/mol. The smallest absolute Gasteiger partial charge is 0.0323 e. The van der Waals surface area contributed by atoms with Crippen molar-refractivity contribution in [3.63, 3.8) is 0 Å². The maximum atomic E-state index is 4.11. The second-order valence-electron chi connectivity index (χ2n) is 3.83. The minimum atomic E-state index is 0.140. The van der Waals surface area contributed by atoms with Crippen molar-refractivity contribution in [2.45, 2.75) is 12.6 Å². The third-order valence-corrected chi connectivity index (χ3v) is 2.60. The fourth-order valence-electron chi connectivity index (χ4n) is 1.64. The van der Waals surface area contributed by atoms with E-state index in [2.05, 4.69) is 48.6 Å². The third kappa shape index (κ3) is 2.94. The Bertz CT molecular complexity index is 408. The molecule has 0 aliphatic carbocycles. The number of nitrogens with one attached hydrogen (secondary N) is 1. The Morgan fingerprint density at radius 3 is 2.06 bits per heavy atom. The van der Waals surface area contributed by atoms with Gasteiger partial charge in [0.2, 0.25) is 0 Å². The van der Waals surface area contributed by atoms with E-state index in [4.69, 9.17) is 0 Å². The predicted molar refractivity (Wildman–Crippen MR) is 67.8 cm³/mol. The molecule has 0 aliphatic rings. The molecule has 0 bridgehead atoms. The van der Waals surface area contributed by atoms with Gasteiger partial charge in [-0.1, -0.05) is 60.7 Å². The summed E-state index contributed by atoms with van der Waals surface area (Å²) in [5.41, 5.74) is 2.51. The normalized spacial score (nSPS) is 12.3. The predicted octanol–water partition coefficient (Wildman–Crippen LogP) is 3.35. The van der Waals surface area contributed by atoms with Crippen LogP contribution in [0.3, 0.4) is 0 Å². The van der Waals surface area contributed by atoms with Gasteiger partial charge in [-0.2, -0.15) is 0 Å². The van der Waals surface area contributed by atoms with E-state index in [0.29, 0.717) is 0 Å². The molecule has 2 aromatic carbocycles. The zero-order valence-corrected chi connectivity index (χ0v) is 9.27. The SMILES string of the molecule is [CH2]C(NCc1ccccc1)c1ccccc1. The Hall–Kier alpha value is -1.60. The van der Waals surface area contributed by atoms with Crippen molar-refractivity contribution >= 4 is 0 Å². The number of hydrogen-bond donors (Lipinski definition) is 1. The van der Waals surface area contributed by atoms with E-state index >= 15 is 0 Å². The molecule has 0 fully saturated rings. The van der Waals surface area contributed by atoms with Crippen LogP contribution >= 0.6 is 0 Å². The first-order valence-corrected chi connectivity index (χ1v) is 5.51. The molecule has 0 amide bonds. The molecular formula is C15H16N. The highest BCUT2D eigenvalue weighted by Crippen LogP contribution is 2.11. The van der Waals surface area contributed by atoms with Crippen molar-refractivity contribution in [3.8, 4) is 0 Å². The molecule has 81 valence electrons. The summed E-state index contributed by atoms with van der Waals surface area (Å²) in [6, 6.07) is 20.8. The molecule has 1 radical (unpaired) electrons. The van der Waals surface area contributed by atoms with Gasteiger partial charge in [0, 0.05) is 12.6 Å². The molecule has 0 heterocycles. The van der Waals surface area contributed by atoms with Crippen LogP contribution in [0.15, 0.2) is 60.7 Å². The van der Waals surface area contributed by atoms with Crippen molar-refractivity contribution in [1.82, 2.24) is 5.32 Å². The van der Waals surface area contributed by atoms with Gasteiger partial charge in [0.25, 0.3) is 0 Å². The molecule has 1 nitrogen and oxygen atoms in total. The van der Waals surface area contributed by atoms with E-state index in [1.54, 1.807) is 0 Å². The molecule has 1 heteroatoms. The second-order valence-corrected chi connectivity index (χ2v) is 3.83. The molecule has 0 saturated heterocycles. The van der Waals surface area contributed by atoms with E-state index in [1.165, 1.54) is 11.1 Å². The zero-order chi connectivity index (χ0) is 11.2. The molecule has 1 unspecified atom stereocenters. The molecular weight excluding hydrogens is 194 g/mol. The van der Waals surface area contributed by atoms with Gasteiger partial charge in [-0.3, -0.25) is 0 Å². The molecule has 0 aliphatic heterocycles. The summed E-state index contributed by atoms with van der Waals surface area (Å²) >= 11 is 0. The lowest BCUT2D eigenvalue weighted by atomic mass is 10.1. The van der Waals surface area contributed by atoms with E-state index in [9.17, 15) is 0 Å². The van der Waals surface area contributed by atoms with Gasteiger partial charge in [-0.25, -0.2) is 0 Å². The fourth-order valence-corrected chi connectivity index (χ4v) is 1.64. The van der Waals surface area contributed by atoms with Crippen LogP contribution in [0.1, 0.15) is 17.2 Å². The summed E-state index contributed by atoms with van der Waals surface area (Å²) < 4.78 is 0. The van der Waals surface area contributed by atoms with Gasteiger partial charge >= 0.3 is 0 Å². The lowest BCUT2D eigenvalue weighted by Crippen LogP contribution is -2.18. The van der Waals surface area contributed by atoms with Crippen LogP contribution in [0.2, 0.25) is 0 Å². The minimum Gasteiger partial charge on any atom is -0.306 e. The van der Waals surface area contributed by atoms with Crippen LogP contribution in [0.5, 0.6) is 0 Å². The van der Waals surface area contributed by atoms with Crippen LogP contribution in [-0.2, 0) is 6.54 Å². The standard InChI is InChI=1S/C15H16N/c1-13(15-10-6-3-7-11-15)16-12-14-8-4-2-5-9-14/h2-11,13,16H,1,12H2. The first-order chi connectivity index (χ1) is 7.86. The molecule has 1 N–H and O–H groups in total. The summed E-state index contributed by atoms with van der Waals surface area (Å²) in [5.74, 6) is 0. The zero-order valence-electron chi connectivity index (χ0n) is 9.27. The molecule has 2 aromatic rings. The van der Waals surface area contributed by atoms with Crippen molar-refractivity contribution in [1.29, 1.82) is 0 Å². The number of benzene rings is 2. The van der Waals surface area contributed by atoms with Crippen molar-refractivity contribution in [2.24, 2.45) is 0 Å². The van der Waals surface area contributed by atoms with Gasteiger partial charge in [0.15, 0.2) is 0 Å². The van der Waals surface area contributed by atoms with Crippen molar-refractivity contribution < 1.29 is 0 Å². The molecule has 0 spiro atoms. The largest absolute Gasteiger partial charge is 0.306 e. The lowest BCUT2D eigenvalue weighted by Gasteiger charge is -2.13. The summed E-state index contributed by atoms with van der Waals surface area (Å²) in [6.45, 7) is 4.96. The summed E-state index contributed by atoms with van der Waals surface area (Å²) in [7, 11) is 0. The fraction of sp³-hybridized carbons (Fsp3) is 0.133. The van der Waals surface area contributed by atoms with Gasteiger partial charge in [-0.05, 0) is 18.1 Å². The molecule has 16 heavy (non-hydrogen) atoms. The quantitative estimate of drug-likeness (QED) is 0.816. The van der Waals surface area contributed by atoms with Crippen molar-refractivity contribution in [3.05, 3.63) is 78.7 Å². The van der Waals surface area contributed by atoms with E-state index in [-0.39, 0.29) is 6.04 Å². The number of rotatable bonds is 4. The summed E-state index contributed by atoms with van der Waals surface area (Å²) in [6.07, 6.45) is 0. The van der Waals surface area contributed by atoms with Gasteiger partial charge < -0.3 is 5.32 Å². The first kappa shape index (κ1) is 10.9. The van der Waals surface area contributed by atoms with E-state index < -0.39 is 0 Å². The summed E-state index contributed by atoms with van der Waals surface area (Å²) in [4.78, 5) is 0. The van der Waals surface area contributed by atoms with Crippen LogP contribution in [0.4, 0.5) is 0 Å². The monoisotopic (exact) mass is 210 g/mol. The van der Waals surface area contributed by atoms with Gasteiger partial charge in [-0.15, -0.1) is 0 Å². The molecule has 0 saturated carbocycles. The van der Waals surface area contributed by atoms with Gasteiger partial charge in [0.05, 0.1) is 0 Å². The highest BCUT2D eigenvalue weighted by Gasteiger charge is 2.03. The highest BCUT2D eigenvalue weighted by molar-refractivity contribution is 5.20. The lowest BCUT2D eigenvalue weighted by molar-refractivity contribution is 0.618. The summed E-state index contributed by atoms with van der Waals surface area (Å²) in [5, 5.41) is 3.40. The van der Waals surface area contributed by atoms with Gasteiger partial charge in [0.1, 0.15) is 0 Å². The molecule has 2 rings (SSSR count). The van der Waals surface area contributed by atoms with Crippen molar-refractivity contribution in [2.75, 3.05) is 0 Å². The topological polar surface area (TPSA) is 12.0 Å². The van der Waals surface area contributed by atoms with Crippen LogP contribution in [0.25, 0.3) is 0 Å². The maximum absolute atomic E-state index is 4.11. The van der Waals surface area contributed by atoms with E-state index in [0.717, 1.165) is 6.54 Å². The highest BCUT2D eigenvalue weighted by atomic mass is 14.9. The number of hydrogen-bond acceptors (Lipinski definition) is 1. The van der Waals surface area contributed by atoms with Crippen LogP contribution in [0, 0.1) is 6.92 Å².